The predicted octanol–water partition coefficient (Wildman–Crippen LogP) is 2.62. The van der Waals surface area contributed by atoms with Crippen molar-refractivity contribution in [3.05, 3.63) is 17.2 Å². The van der Waals surface area contributed by atoms with Crippen LogP contribution in [0.2, 0.25) is 5.02 Å². The van der Waals surface area contributed by atoms with Gasteiger partial charge in [-0.25, -0.2) is 4.79 Å². The molecular formula is C18H29ClN2O6. The fraction of sp³-hybridized carbons (Fsp3) is 0.611. The number of nitrogens with zero attached hydrogens (tertiary/aromatic N) is 1. The number of anilines is 1. The first kappa shape index (κ1) is 23.3. The summed E-state index contributed by atoms with van der Waals surface area (Å²) >= 11 is 6.10. The van der Waals surface area contributed by atoms with Gasteiger partial charge in [0.05, 0.1) is 63.5 Å². The van der Waals surface area contributed by atoms with Crippen molar-refractivity contribution in [1.29, 1.82) is 0 Å². The van der Waals surface area contributed by atoms with E-state index in [0.29, 0.717) is 35.4 Å². The van der Waals surface area contributed by atoms with Crippen molar-refractivity contribution in [2.75, 3.05) is 52.9 Å². The lowest BCUT2D eigenvalue weighted by molar-refractivity contribution is -0.0144. The van der Waals surface area contributed by atoms with Gasteiger partial charge in [-0.05, 0) is 19.9 Å². The van der Waals surface area contributed by atoms with Crippen LogP contribution in [0.15, 0.2) is 12.1 Å². The number of carbonyl (C=O) groups is 1. The average Bonchev–Trinajstić information content (AvgIpc) is 2.61. The number of hydrogen-bond acceptors (Lipinski definition) is 6. The molecule has 0 aliphatic heterocycles. The number of amides is 2. The van der Waals surface area contributed by atoms with Crippen LogP contribution < -0.4 is 14.8 Å². The molecule has 0 radical (unpaired) electrons. The van der Waals surface area contributed by atoms with Gasteiger partial charge < -0.3 is 34.3 Å². The van der Waals surface area contributed by atoms with Gasteiger partial charge in [0, 0.05) is 13.1 Å². The Kier molecular flexibility index (Phi) is 10.2. The average molecular weight is 405 g/mol. The third-order valence-corrected chi connectivity index (χ3v) is 3.83. The second-order valence-electron chi connectivity index (χ2n) is 6.15. The lowest BCUT2D eigenvalue weighted by atomic mass is 10.2. The highest BCUT2D eigenvalue weighted by molar-refractivity contribution is 6.32. The number of urea groups is 1. The Balaban J connectivity index is 2.51. The molecule has 1 unspecified atom stereocenters. The molecule has 1 rings (SSSR count). The van der Waals surface area contributed by atoms with E-state index >= 15 is 0 Å². The Morgan fingerprint density at radius 2 is 1.89 bits per heavy atom. The van der Waals surface area contributed by atoms with E-state index in [0.717, 1.165) is 0 Å². The van der Waals surface area contributed by atoms with Crippen molar-refractivity contribution < 1.29 is 28.8 Å². The first-order chi connectivity index (χ1) is 12.8. The molecule has 0 bridgehead atoms. The van der Waals surface area contributed by atoms with Crippen LogP contribution in [0, 0.1) is 0 Å². The number of ether oxygens (including phenoxy) is 4. The lowest BCUT2D eigenvalue weighted by Crippen LogP contribution is -2.39. The number of aliphatic hydroxyl groups is 1. The monoisotopic (exact) mass is 404 g/mol. The summed E-state index contributed by atoms with van der Waals surface area (Å²) in [6.45, 7) is 4.92. The molecule has 1 aromatic rings. The molecule has 1 atom stereocenters. The summed E-state index contributed by atoms with van der Waals surface area (Å²) in [7, 11) is 4.54. The Morgan fingerprint density at radius 1 is 1.22 bits per heavy atom. The minimum absolute atomic E-state index is 0.100. The van der Waals surface area contributed by atoms with Gasteiger partial charge >= 0.3 is 6.03 Å². The molecule has 0 saturated carbocycles. The molecule has 154 valence electrons. The third-order valence-electron chi connectivity index (χ3n) is 3.54. The standard InChI is InChI=1S/C18H29ClN2O6/c1-12(2)27-7-6-26-11-13(22)10-21(3)18(23)20-15-8-14(19)16(24-4)9-17(15)25-5/h8-9,12-13,22H,6-7,10-11H2,1-5H3,(H,20,23). The number of hydrogen-bond donors (Lipinski definition) is 2. The summed E-state index contributed by atoms with van der Waals surface area (Å²) in [5, 5.41) is 13.0. The van der Waals surface area contributed by atoms with Gasteiger partial charge in [-0.2, -0.15) is 0 Å². The summed E-state index contributed by atoms with van der Waals surface area (Å²) in [5.41, 5.74) is 0.400. The predicted molar refractivity (Wildman–Crippen MR) is 104 cm³/mol. The summed E-state index contributed by atoms with van der Waals surface area (Å²) in [6, 6.07) is 2.70. The Bertz CT molecular complexity index is 599. The maximum absolute atomic E-state index is 12.3. The Labute approximate surface area is 165 Å². The van der Waals surface area contributed by atoms with Crippen molar-refractivity contribution in [3.8, 4) is 11.5 Å². The van der Waals surface area contributed by atoms with Gasteiger partial charge in [-0.3, -0.25) is 0 Å². The van der Waals surface area contributed by atoms with E-state index in [1.165, 1.54) is 19.1 Å². The van der Waals surface area contributed by atoms with E-state index in [-0.39, 0.29) is 19.3 Å². The van der Waals surface area contributed by atoms with E-state index < -0.39 is 12.1 Å². The molecule has 0 spiro atoms. The van der Waals surface area contributed by atoms with Gasteiger partial charge in [0.2, 0.25) is 0 Å². The maximum atomic E-state index is 12.3. The Hall–Kier alpha value is -1.74. The fourth-order valence-corrected chi connectivity index (χ4v) is 2.42. The minimum atomic E-state index is -0.818. The highest BCUT2D eigenvalue weighted by Gasteiger charge is 2.17. The van der Waals surface area contributed by atoms with Crippen LogP contribution in [0.1, 0.15) is 13.8 Å². The fourth-order valence-electron chi connectivity index (χ4n) is 2.18. The molecule has 9 heteroatoms. The normalized spacial score (nSPS) is 12.0. The van der Waals surface area contributed by atoms with E-state index in [1.54, 1.807) is 19.2 Å². The van der Waals surface area contributed by atoms with E-state index in [4.69, 9.17) is 30.5 Å². The second kappa shape index (κ2) is 11.9. The van der Waals surface area contributed by atoms with Crippen molar-refractivity contribution in [1.82, 2.24) is 4.90 Å². The molecule has 8 nitrogen and oxygen atoms in total. The summed E-state index contributed by atoms with van der Waals surface area (Å²) < 4.78 is 21.1. The number of carbonyl (C=O) groups excluding carboxylic acids is 1. The topological polar surface area (TPSA) is 89.5 Å². The zero-order chi connectivity index (χ0) is 20.4. The summed E-state index contributed by atoms with van der Waals surface area (Å²) in [6.07, 6.45) is -0.682. The van der Waals surface area contributed by atoms with Crippen LogP contribution in [-0.4, -0.2) is 75.9 Å². The lowest BCUT2D eigenvalue weighted by Gasteiger charge is -2.22. The van der Waals surface area contributed by atoms with Crippen LogP contribution >= 0.6 is 11.6 Å². The largest absolute Gasteiger partial charge is 0.495 e. The van der Waals surface area contributed by atoms with Gasteiger partial charge in [-0.1, -0.05) is 11.6 Å². The second-order valence-corrected chi connectivity index (χ2v) is 6.55. The van der Waals surface area contributed by atoms with E-state index in [1.807, 2.05) is 13.8 Å². The number of halogens is 1. The van der Waals surface area contributed by atoms with Crippen LogP contribution in [0.25, 0.3) is 0 Å². The van der Waals surface area contributed by atoms with Crippen molar-refractivity contribution in [2.24, 2.45) is 0 Å². The molecule has 2 N–H and O–H groups in total. The molecule has 0 aliphatic rings. The van der Waals surface area contributed by atoms with Crippen LogP contribution in [0.5, 0.6) is 11.5 Å². The summed E-state index contributed by atoms with van der Waals surface area (Å²) in [4.78, 5) is 13.7. The Morgan fingerprint density at radius 3 is 2.48 bits per heavy atom. The molecule has 2 amide bonds. The molecular weight excluding hydrogens is 376 g/mol. The van der Waals surface area contributed by atoms with Gasteiger partial charge in [0.15, 0.2) is 0 Å². The van der Waals surface area contributed by atoms with Crippen LogP contribution in [-0.2, 0) is 9.47 Å². The highest BCUT2D eigenvalue weighted by atomic mass is 35.5. The quantitative estimate of drug-likeness (QED) is 0.551. The first-order valence-electron chi connectivity index (χ1n) is 8.59. The molecule has 0 heterocycles. The maximum Gasteiger partial charge on any atom is 0.321 e. The zero-order valence-electron chi connectivity index (χ0n) is 16.5. The molecule has 27 heavy (non-hydrogen) atoms. The number of rotatable bonds is 11. The van der Waals surface area contributed by atoms with E-state index in [2.05, 4.69) is 5.32 Å². The molecule has 0 aliphatic carbocycles. The number of nitrogens with one attached hydrogen (secondary N) is 1. The van der Waals surface area contributed by atoms with Crippen molar-refractivity contribution in [2.45, 2.75) is 26.1 Å². The molecule has 0 saturated heterocycles. The highest BCUT2D eigenvalue weighted by Crippen LogP contribution is 2.35. The van der Waals surface area contributed by atoms with Gasteiger partial charge in [-0.15, -0.1) is 0 Å². The smallest absolute Gasteiger partial charge is 0.321 e. The first-order valence-corrected chi connectivity index (χ1v) is 8.97. The molecule has 1 aromatic carbocycles. The SMILES string of the molecule is COc1cc(OC)c(NC(=O)N(C)CC(O)COCCOC(C)C)cc1Cl. The van der Waals surface area contributed by atoms with Gasteiger partial charge in [0.25, 0.3) is 0 Å². The number of aliphatic hydroxyl groups excluding tert-OH is 1. The van der Waals surface area contributed by atoms with Crippen molar-refractivity contribution >= 4 is 23.3 Å². The van der Waals surface area contributed by atoms with Crippen molar-refractivity contribution in [3.63, 3.8) is 0 Å². The molecule has 0 fully saturated rings. The third kappa shape index (κ3) is 8.21. The van der Waals surface area contributed by atoms with Gasteiger partial charge in [0.1, 0.15) is 11.5 Å². The minimum Gasteiger partial charge on any atom is -0.495 e. The number of benzene rings is 1. The number of methoxy groups -OCH3 is 2. The number of likely N-dealkylation sites (N-methyl/N-ethyl adjacent to an activating group) is 1. The summed E-state index contributed by atoms with van der Waals surface area (Å²) in [5.74, 6) is 0.848. The van der Waals surface area contributed by atoms with Crippen LogP contribution in [0.3, 0.4) is 0 Å². The van der Waals surface area contributed by atoms with Crippen LogP contribution in [0.4, 0.5) is 10.5 Å². The van der Waals surface area contributed by atoms with E-state index in [9.17, 15) is 9.90 Å². The molecule has 0 aromatic heterocycles. The zero-order valence-corrected chi connectivity index (χ0v) is 17.2.